The molecule has 104 valence electrons. The first-order chi connectivity index (χ1) is 8.97. The first-order valence-corrected chi connectivity index (χ1v) is 7.22. The molecule has 1 amide bonds. The monoisotopic (exact) mass is 331 g/mol. The lowest BCUT2D eigenvalue weighted by Crippen LogP contribution is -2.38. The Labute approximate surface area is 119 Å². The van der Waals surface area contributed by atoms with Gasteiger partial charge in [0.2, 0.25) is 0 Å². The van der Waals surface area contributed by atoms with E-state index in [1.807, 2.05) is 0 Å². The molecule has 2 nitrogen and oxygen atoms in total. The highest BCUT2D eigenvalue weighted by Gasteiger charge is 2.24. The highest BCUT2D eigenvalue weighted by molar-refractivity contribution is 9.10. The molecule has 2 atom stereocenters. The largest absolute Gasteiger partial charge is 0.349 e. The molecule has 19 heavy (non-hydrogen) atoms. The Bertz CT molecular complexity index is 469. The highest BCUT2D eigenvalue weighted by atomic mass is 79.9. The smallest absolute Gasteiger partial charge is 0.257 e. The van der Waals surface area contributed by atoms with E-state index in [9.17, 15) is 13.6 Å². The lowest BCUT2D eigenvalue weighted by Gasteiger charge is -2.27. The van der Waals surface area contributed by atoms with Crippen molar-refractivity contribution in [2.24, 2.45) is 5.92 Å². The van der Waals surface area contributed by atoms with E-state index in [4.69, 9.17) is 0 Å². The van der Waals surface area contributed by atoms with E-state index in [1.54, 1.807) is 0 Å². The summed E-state index contributed by atoms with van der Waals surface area (Å²) in [5, 5.41) is 2.73. The van der Waals surface area contributed by atoms with E-state index in [-0.39, 0.29) is 10.5 Å². The van der Waals surface area contributed by atoms with Gasteiger partial charge in [-0.05, 0) is 30.9 Å². The topological polar surface area (TPSA) is 29.1 Å². The van der Waals surface area contributed by atoms with Crippen molar-refractivity contribution in [2.75, 3.05) is 0 Å². The summed E-state index contributed by atoms with van der Waals surface area (Å²) < 4.78 is 27.6. The minimum Gasteiger partial charge on any atom is -0.349 e. The minimum atomic E-state index is -0.840. The van der Waals surface area contributed by atoms with Crippen LogP contribution in [0.2, 0.25) is 0 Å². The average molecular weight is 332 g/mol. The molecule has 1 aromatic rings. The molecule has 0 spiro atoms. The predicted molar refractivity (Wildman–Crippen MR) is 72.9 cm³/mol. The van der Waals surface area contributed by atoms with Crippen LogP contribution in [-0.2, 0) is 0 Å². The van der Waals surface area contributed by atoms with Crippen LogP contribution in [0, 0.1) is 17.6 Å². The fourth-order valence-corrected chi connectivity index (χ4v) is 2.98. The first-order valence-electron chi connectivity index (χ1n) is 6.42. The van der Waals surface area contributed by atoms with Crippen LogP contribution in [-0.4, -0.2) is 11.9 Å². The molecule has 1 N–H and O–H groups in total. The van der Waals surface area contributed by atoms with Gasteiger partial charge in [0.25, 0.3) is 5.91 Å². The van der Waals surface area contributed by atoms with E-state index in [0.717, 1.165) is 37.8 Å². The molecule has 0 aliphatic heterocycles. The number of hydrogen-bond donors (Lipinski definition) is 1. The zero-order valence-corrected chi connectivity index (χ0v) is 12.3. The number of hydrogen-bond acceptors (Lipinski definition) is 1. The lowest BCUT2D eigenvalue weighted by atomic mass is 9.87. The van der Waals surface area contributed by atoms with Crippen molar-refractivity contribution in [3.05, 3.63) is 33.8 Å². The number of benzene rings is 1. The summed E-state index contributed by atoms with van der Waals surface area (Å²) in [4.78, 5) is 12.0. The summed E-state index contributed by atoms with van der Waals surface area (Å²) in [5.74, 6) is -1.80. The Balaban J connectivity index is 2.12. The third-order valence-electron chi connectivity index (χ3n) is 3.51. The van der Waals surface area contributed by atoms with Gasteiger partial charge in [0.1, 0.15) is 17.2 Å². The summed E-state index contributed by atoms with van der Waals surface area (Å²) in [5.41, 5.74) is -0.499. The number of nitrogens with one attached hydrogen (secondary N) is 1. The van der Waals surface area contributed by atoms with Crippen LogP contribution in [0.15, 0.2) is 16.6 Å². The van der Waals surface area contributed by atoms with Gasteiger partial charge < -0.3 is 5.32 Å². The molecular formula is C14H16BrF2NO. The predicted octanol–water partition coefficient (Wildman–Crippen LogP) is 4.04. The maximum Gasteiger partial charge on any atom is 0.257 e. The average Bonchev–Trinajstić information content (AvgIpc) is 2.27. The first kappa shape index (κ1) is 14.4. The number of rotatable bonds is 2. The third kappa shape index (κ3) is 3.53. The Hall–Kier alpha value is -0.970. The molecule has 0 aromatic heterocycles. The van der Waals surface area contributed by atoms with Gasteiger partial charge in [0.05, 0.1) is 0 Å². The van der Waals surface area contributed by atoms with Gasteiger partial charge in [-0.1, -0.05) is 35.7 Å². The molecular weight excluding hydrogens is 316 g/mol. The van der Waals surface area contributed by atoms with Crippen LogP contribution in [0.1, 0.15) is 43.0 Å². The van der Waals surface area contributed by atoms with Crippen molar-refractivity contribution in [1.82, 2.24) is 5.32 Å². The minimum absolute atomic E-state index is 0.0127. The Morgan fingerprint density at radius 1 is 1.32 bits per heavy atom. The van der Waals surface area contributed by atoms with E-state index >= 15 is 0 Å². The fourth-order valence-electron chi connectivity index (χ4n) is 2.58. The Kier molecular flexibility index (Phi) is 4.55. The van der Waals surface area contributed by atoms with Gasteiger partial charge >= 0.3 is 0 Å². The van der Waals surface area contributed by atoms with Crippen LogP contribution in [0.5, 0.6) is 0 Å². The second-order valence-electron chi connectivity index (χ2n) is 5.19. The van der Waals surface area contributed by atoms with Crippen LogP contribution in [0.25, 0.3) is 0 Å². The van der Waals surface area contributed by atoms with Gasteiger partial charge in [-0.2, -0.15) is 0 Å². The zero-order valence-electron chi connectivity index (χ0n) is 10.7. The van der Waals surface area contributed by atoms with Crippen molar-refractivity contribution in [2.45, 2.75) is 38.6 Å². The molecule has 1 aliphatic carbocycles. The van der Waals surface area contributed by atoms with Crippen molar-refractivity contribution in [3.63, 3.8) is 0 Å². The van der Waals surface area contributed by atoms with Crippen molar-refractivity contribution in [1.29, 1.82) is 0 Å². The van der Waals surface area contributed by atoms with E-state index in [2.05, 4.69) is 28.2 Å². The summed E-state index contributed by atoms with van der Waals surface area (Å²) in [6.45, 7) is 2.12. The van der Waals surface area contributed by atoms with Crippen LogP contribution in [0.3, 0.4) is 0 Å². The Morgan fingerprint density at radius 2 is 1.95 bits per heavy atom. The second kappa shape index (κ2) is 5.99. The van der Waals surface area contributed by atoms with E-state index in [0.29, 0.717) is 5.92 Å². The SMILES string of the molecule is CC1CCCC(NC(=O)c2c(F)cc(Br)cc2F)C1. The van der Waals surface area contributed by atoms with E-state index in [1.165, 1.54) is 0 Å². The number of carbonyl (C=O) groups is 1. The van der Waals surface area contributed by atoms with Gasteiger partial charge in [0.15, 0.2) is 0 Å². The van der Waals surface area contributed by atoms with Crippen LogP contribution < -0.4 is 5.32 Å². The molecule has 0 radical (unpaired) electrons. The zero-order chi connectivity index (χ0) is 14.0. The Morgan fingerprint density at radius 3 is 2.53 bits per heavy atom. The molecule has 1 fully saturated rings. The van der Waals surface area contributed by atoms with Crippen molar-refractivity contribution < 1.29 is 13.6 Å². The standard InChI is InChI=1S/C14H16BrF2NO/c1-8-3-2-4-10(5-8)18-14(19)13-11(16)6-9(15)7-12(13)17/h6-8,10H,2-5H2,1H3,(H,18,19). The van der Waals surface area contributed by atoms with Gasteiger partial charge in [0, 0.05) is 10.5 Å². The second-order valence-corrected chi connectivity index (χ2v) is 6.10. The molecule has 1 aromatic carbocycles. The van der Waals surface area contributed by atoms with E-state index < -0.39 is 23.1 Å². The number of carbonyl (C=O) groups excluding carboxylic acids is 1. The number of amides is 1. The molecule has 1 saturated carbocycles. The third-order valence-corrected chi connectivity index (χ3v) is 3.96. The van der Waals surface area contributed by atoms with Gasteiger partial charge in [-0.15, -0.1) is 0 Å². The maximum atomic E-state index is 13.7. The van der Waals surface area contributed by atoms with Crippen LogP contribution in [0.4, 0.5) is 8.78 Å². The quantitative estimate of drug-likeness (QED) is 0.870. The molecule has 2 unspecified atom stereocenters. The summed E-state index contributed by atoms with van der Waals surface area (Å²) in [6, 6.07) is 2.21. The van der Waals surface area contributed by atoms with Crippen LogP contribution >= 0.6 is 15.9 Å². The maximum absolute atomic E-state index is 13.7. The fraction of sp³-hybridized carbons (Fsp3) is 0.500. The molecule has 5 heteroatoms. The van der Waals surface area contributed by atoms with Gasteiger partial charge in [-0.3, -0.25) is 4.79 Å². The molecule has 0 bridgehead atoms. The lowest BCUT2D eigenvalue weighted by molar-refractivity contribution is 0.0913. The normalized spacial score (nSPS) is 23.2. The van der Waals surface area contributed by atoms with Gasteiger partial charge in [-0.25, -0.2) is 8.78 Å². The summed E-state index contributed by atoms with van der Waals surface area (Å²) in [6.07, 6.45) is 3.92. The molecule has 2 rings (SSSR count). The van der Waals surface area contributed by atoms with Crippen molar-refractivity contribution >= 4 is 21.8 Å². The summed E-state index contributed by atoms with van der Waals surface area (Å²) >= 11 is 2.99. The van der Waals surface area contributed by atoms with Crippen molar-refractivity contribution in [3.8, 4) is 0 Å². The molecule has 1 aliphatic rings. The molecule has 0 heterocycles. The molecule has 0 saturated heterocycles. The summed E-state index contributed by atoms with van der Waals surface area (Å²) in [7, 11) is 0. The number of halogens is 3. The highest BCUT2D eigenvalue weighted by Crippen LogP contribution is 2.25.